The normalized spacial score (nSPS) is 12.1. The molecular formula is C10H12ClN3O2. The number of aromatic nitrogens is 3. The first-order valence-corrected chi connectivity index (χ1v) is 4.74. The molecule has 6 heteroatoms. The molecule has 5 nitrogen and oxygen atoms in total. The molecule has 1 unspecified atom stereocenters. The maximum Gasteiger partial charge on any atom is 0.312 e. The average Bonchev–Trinajstić information content (AvgIpc) is 2.61. The van der Waals surface area contributed by atoms with Gasteiger partial charge in [0, 0.05) is 18.6 Å². The van der Waals surface area contributed by atoms with Crippen LogP contribution in [0.15, 0.2) is 24.7 Å². The fourth-order valence-corrected chi connectivity index (χ4v) is 1.53. The van der Waals surface area contributed by atoms with Gasteiger partial charge in [0.25, 0.3) is 0 Å². The van der Waals surface area contributed by atoms with Crippen molar-refractivity contribution in [2.24, 2.45) is 0 Å². The van der Waals surface area contributed by atoms with E-state index in [0.717, 1.165) is 0 Å². The van der Waals surface area contributed by atoms with Crippen LogP contribution in [0.2, 0.25) is 0 Å². The predicted molar refractivity (Wildman–Crippen MR) is 60.9 cm³/mol. The minimum absolute atomic E-state index is 0. The van der Waals surface area contributed by atoms with Crippen LogP contribution in [0.25, 0.3) is 5.78 Å². The lowest BCUT2D eigenvalue weighted by Gasteiger charge is -2.03. The Morgan fingerprint density at radius 1 is 1.62 bits per heavy atom. The summed E-state index contributed by atoms with van der Waals surface area (Å²) in [5.41, 5.74) is 0.559. The minimum Gasteiger partial charge on any atom is -0.481 e. The summed E-state index contributed by atoms with van der Waals surface area (Å²) in [6, 6.07) is 1.78. The van der Waals surface area contributed by atoms with Crippen LogP contribution in [0.4, 0.5) is 0 Å². The molecule has 0 aliphatic rings. The fourth-order valence-electron chi connectivity index (χ4n) is 1.53. The third-order valence-corrected chi connectivity index (χ3v) is 2.32. The van der Waals surface area contributed by atoms with E-state index in [1.54, 1.807) is 29.1 Å². The van der Waals surface area contributed by atoms with Gasteiger partial charge in [-0.1, -0.05) is 6.92 Å². The van der Waals surface area contributed by atoms with Crippen molar-refractivity contribution in [3.8, 4) is 0 Å². The molecule has 0 aliphatic carbocycles. The van der Waals surface area contributed by atoms with Gasteiger partial charge in [0.2, 0.25) is 5.78 Å². The van der Waals surface area contributed by atoms with Crippen LogP contribution in [0.3, 0.4) is 0 Å². The van der Waals surface area contributed by atoms with Crippen molar-refractivity contribution in [2.75, 3.05) is 0 Å². The lowest BCUT2D eigenvalue weighted by atomic mass is 10.0. The number of nitrogens with zero attached hydrogens (tertiary/aromatic N) is 3. The molecule has 0 saturated carbocycles. The van der Waals surface area contributed by atoms with E-state index in [1.807, 2.05) is 6.92 Å². The summed E-state index contributed by atoms with van der Waals surface area (Å²) in [7, 11) is 0. The van der Waals surface area contributed by atoms with E-state index in [1.165, 1.54) is 0 Å². The summed E-state index contributed by atoms with van der Waals surface area (Å²) in [6.45, 7) is 1.83. The molecule has 86 valence electrons. The number of carbonyl (C=O) groups is 1. The molecule has 2 rings (SSSR count). The Hall–Kier alpha value is -1.62. The van der Waals surface area contributed by atoms with E-state index in [9.17, 15) is 4.79 Å². The molecule has 2 aromatic heterocycles. The largest absolute Gasteiger partial charge is 0.481 e. The Balaban J connectivity index is 0.00000128. The fraction of sp³-hybridized carbons (Fsp3) is 0.300. The number of imidazole rings is 1. The summed E-state index contributed by atoms with van der Waals surface area (Å²) in [6.07, 6.45) is 5.67. The highest BCUT2D eigenvalue weighted by molar-refractivity contribution is 5.85. The molecule has 2 aromatic rings. The molecule has 0 aliphatic heterocycles. The summed E-state index contributed by atoms with van der Waals surface area (Å²) in [5, 5.41) is 8.98. The van der Waals surface area contributed by atoms with Crippen molar-refractivity contribution < 1.29 is 9.90 Å². The SMILES string of the molecule is CCC(C(=O)O)c1cn2cccnc2n1.Cl. The van der Waals surface area contributed by atoms with Gasteiger partial charge in [-0.15, -0.1) is 12.4 Å². The van der Waals surface area contributed by atoms with E-state index in [0.29, 0.717) is 17.9 Å². The third kappa shape index (κ3) is 2.14. The quantitative estimate of drug-likeness (QED) is 0.889. The number of aliphatic carboxylic acids is 1. The molecule has 0 radical (unpaired) electrons. The van der Waals surface area contributed by atoms with E-state index in [-0.39, 0.29) is 12.4 Å². The highest BCUT2D eigenvalue weighted by Gasteiger charge is 2.20. The number of fused-ring (bicyclic) bond motifs is 1. The van der Waals surface area contributed by atoms with E-state index in [4.69, 9.17) is 5.11 Å². The lowest BCUT2D eigenvalue weighted by molar-refractivity contribution is -0.138. The smallest absolute Gasteiger partial charge is 0.312 e. The first-order chi connectivity index (χ1) is 7.22. The Kier molecular flexibility index (Phi) is 3.84. The van der Waals surface area contributed by atoms with Gasteiger partial charge in [0.1, 0.15) is 5.92 Å². The summed E-state index contributed by atoms with van der Waals surface area (Å²) < 4.78 is 1.72. The summed E-state index contributed by atoms with van der Waals surface area (Å²) in [5.74, 6) is -0.861. The molecule has 0 fully saturated rings. The number of hydrogen-bond acceptors (Lipinski definition) is 3. The maximum absolute atomic E-state index is 10.9. The van der Waals surface area contributed by atoms with Crippen molar-refractivity contribution in [1.29, 1.82) is 0 Å². The molecule has 2 heterocycles. The van der Waals surface area contributed by atoms with Crippen LogP contribution < -0.4 is 0 Å². The van der Waals surface area contributed by atoms with Gasteiger partial charge in [0.05, 0.1) is 5.69 Å². The number of halogens is 1. The Labute approximate surface area is 98.6 Å². The van der Waals surface area contributed by atoms with Crippen LogP contribution in [0.1, 0.15) is 25.0 Å². The van der Waals surface area contributed by atoms with Crippen LogP contribution in [-0.4, -0.2) is 25.4 Å². The Morgan fingerprint density at radius 3 is 2.94 bits per heavy atom. The first kappa shape index (κ1) is 12.4. The maximum atomic E-state index is 10.9. The van der Waals surface area contributed by atoms with Gasteiger partial charge >= 0.3 is 5.97 Å². The molecule has 0 saturated heterocycles. The second kappa shape index (κ2) is 4.94. The minimum atomic E-state index is -0.846. The highest BCUT2D eigenvalue weighted by Crippen LogP contribution is 2.18. The molecule has 16 heavy (non-hydrogen) atoms. The second-order valence-corrected chi connectivity index (χ2v) is 3.29. The second-order valence-electron chi connectivity index (χ2n) is 3.29. The molecule has 1 atom stereocenters. The molecule has 1 N–H and O–H groups in total. The van der Waals surface area contributed by atoms with Gasteiger partial charge in [-0.3, -0.25) is 9.20 Å². The number of hydrogen-bond donors (Lipinski definition) is 1. The van der Waals surface area contributed by atoms with E-state index >= 15 is 0 Å². The Bertz CT molecular complexity index is 465. The molecular weight excluding hydrogens is 230 g/mol. The first-order valence-electron chi connectivity index (χ1n) is 4.74. The topological polar surface area (TPSA) is 67.5 Å². The molecule has 0 bridgehead atoms. The standard InChI is InChI=1S/C10H11N3O2.ClH/c1-2-7(9(14)15)8-6-13-5-3-4-11-10(13)12-8;/h3-7H,2H2,1H3,(H,14,15);1H. The zero-order valence-electron chi connectivity index (χ0n) is 8.70. The summed E-state index contributed by atoms with van der Waals surface area (Å²) >= 11 is 0. The number of carboxylic acids is 1. The summed E-state index contributed by atoms with van der Waals surface area (Å²) in [4.78, 5) is 19.2. The predicted octanol–water partition coefficient (Wildman–Crippen LogP) is 1.73. The third-order valence-electron chi connectivity index (χ3n) is 2.32. The van der Waals surface area contributed by atoms with Crippen LogP contribution >= 0.6 is 12.4 Å². The van der Waals surface area contributed by atoms with Crippen molar-refractivity contribution >= 4 is 24.2 Å². The van der Waals surface area contributed by atoms with Gasteiger partial charge < -0.3 is 5.11 Å². The van der Waals surface area contributed by atoms with Crippen molar-refractivity contribution in [2.45, 2.75) is 19.3 Å². The van der Waals surface area contributed by atoms with Gasteiger partial charge in [0.15, 0.2) is 0 Å². The van der Waals surface area contributed by atoms with E-state index < -0.39 is 11.9 Å². The highest BCUT2D eigenvalue weighted by atomic mass is 35.5. The Morgan fingerprint density at radius 2 is 2.38 bits per heavy atom. The van der Waals surface area contributed by atoms with Gasteiger partial charge in [-0.2, -0.15) is 0 Å². The molecule has 0 spiro atoms. The zero-order chi connectivity index (χ0) is 10.8. The molecule has 0 aromatic carbocycles. The van der Waals surface area contributed by atoms with Crippen LogP contribution in [-0.2, 0) is 4.79 Å². The zero-order valence-corrected chi connectivity index (χ0v) is 9.52. The number of carboxylic acid groups (broad SMARTS) is 1. The van der Waals surface area contributed by atoms with Crippen molar-refractivity contribution in [1.82, 2.24) is 14.4 Å². The van der Waals surface area contributed by atoms with Crippen LogP contribution in [0, 0.1) is 0 Å². The van der Waals surface area contributed by atoms with Crippen molar-refractivity contribution in [3.63, 3.8) is 0 Å². The average molecular weight is 242 g/mol. The monoisotopic (exact) mass is 241 g/mol. The van der Waals surface area contributed by atoms with E-state index in [2.05, 4.69) is 9.97 Å². The van der Waals surface area contributed by atoms with Crippen LogP contribution in [0.5, 0.6) is 0 Å². The number of rotatable bonds is 3. The van der Waals surface area contributed by atoms with Gasteiger partial charge in [-0.05, 0) is 12.5 Å². The lowest BCUT2D eigenvalue weighted by Crippen LogP contribution is -2.10. The molecule has 0 amide bonds. The van der Waals surface area contributed by atoms with Crippen molar-refractivity contribution in [3.05, 3.63) is 30.4 Å². The van der Waals surface area contributed by atoms with Gasteiger partial charge in [-0.25, -0.2) is 9.97 Å².